The van der Waals surface area contributed by atoms with Crippen molar-refractivity contribution >= 4 is 27.6 Å². The molecule has 0 spiro atoms. The Morgan fingerprint density at radius 3 is 2.41 bits per heavy atom. The average Bonchev–Trinajstić information content (AvgIpc) is 3.21. The van der Waals surface area contributed by atoms with Gasteiger partial charge >= 0.3 is 0 Å². The number of halogens is 5. The molecule has 10 heteroatoms. The van der Waals surface area contributed by atoms with E-state index in [0.29, 0.717) is 30.5 Å². The van der Waals surface area contributed by atoms with Crippen molar-refractivity contribution in [1.29, 1.82) is 0 Å². The summed E-state index contributed by atoms with van der Waals surface area (Å²) in [5.74, 6) is -3.83. The zero-order valence-electron chi connectivity index (χ0n) is 17.8. The van der Waals surface area contributed by atoms with Gasteiger partial charge in [-0.2, -0.15) is 0 Å². The molecule has 0 radical (unpaired) electrons. The SMILES string of the molecule is CN(C(=O)c1cc2cc(F)c(C(F)F)cc2[nH]1)C1CCCc2[nH]c(=O)c3cc(F)c(F)cc3c21. The number of alkyl halides is 2. The summed E-state index contributed by atoms with van der Waals surface area (Å²) in [5.41, 5.74) is -0.00832. The topological polar surface area (TPSA) is 69.0 Å². The zero-order valence-corrected chi connectivity index (χ0v) is 17.8. The third-order valence-electron chi connectivity index (χ3n) is 6.41. The van der Waals surface area contributed by atoms with Crippen molar-refractivity contribution in [2.45, 2.75) is 31.7 Å². The number of aryl methyl sites for hydroxylation is 1. The fourth-order valence-electron chi connectivity index (χ4n) is 4.76. The lowest BCUT2D eigenvalue weighted by Crippen LogP contribution is -2.34. The van der Waals surface area contributed by atoms with Crippen LogP contribution < -0.4 is 5.56 Å². The normalized spacial score (nSPS) is 15.8. The number of fused-ring (bicyclic) bond motifs is 4. The van der Waals surface area contributed by atoms with Crippen LogP contribution in [0.15, 0.2) is 35.1 Å². The summed E-state index contributed by atoms with van der Waals surface area (Å²) in [5, 5.41) is 0.461. The van der Waals surface area contributed by atoms with Gasteiger partial charge in [-0.25, -0.2) is 22.0 Å². The third kappa shape index (κ3) is 3.44. The second kappa shape index (κ2) is 7.96. The van der Waals surface area contributed by atoms with Gasteiger partial charge in [-0.05, 0) is 55.0 Å². The molecule has 176 valence electrons. The van der Waals surface area contributed by atoms with E-state index in [2.05, 4.69) is 9.97 Å². The molecule has 0 saturated carbocycles. The highest BCUT2D eigenvalue weighted by Gasteiger charge is 2.31. The number of nitrogens with zero attached hydrogens (tertiary/aromatic N) is 1. The van der Waals surface area contributed by atoms with E-state index < -0.39 is 46.9 Å². The molecule has 1 aliphatic rings. The number of rotatable bonds is 3. The minimum Gasteiger partial charge on any atom is -0.351 e. The van der Waals surface area contributed by atoms with E-state index in [1.807, 2.05) is 0 Å². The number of aromatic amines is 2. The van der Waals surface area contributed by atoms with Crippen LogP contribution in [0.4, 0.5) is 22.0 Å². The minimum atomic E-state index is -3.01. The molecule has 2 aromatic heterocycles. The predicted octanol–water partition coefficient (Wildman–Crippen LogP) is 5.51. The molecule has 4 aromatic rings. The Morgan fingerprint density at radius 2 is 1.71 bits per heavy atom. The van der Waals surface area contributed by atoms with Crippen LogP contribution in [-0.4, -0.2) is 27.8 Å². The Bertz CT molecular complexity index is 1530. The molecule has 0 aliphatic heterocycles. The number of amides is 1. The second-order valence-corrected chi connectivity index (χ2v) is 8.43. The fraction of sp³-hybridized carbons (Fsp3) is 0.250. The first-order valence-electron chi connectivity index (χ1n) is 10.6. The quantitative estimate of drug-likeness (QED) is 0.384. The molecule has 2 heterocycles. The van der Waals surface area contributed by atoms with Crippen molar-refractivity contribution in [3.05, 3.63) is 80.7 Å². The van der Waals surface area contributed by atoms with Crippen molar-refractivity contribution in [1.82, 2.24) is 14.9 Å². The summed E-state index contributed by atoms with van der Waals surface area (Å²) in [6.07, 6.45) is -1.37. The number of nitrogens with one attached hydrogen (secondary N) is 2. The Balaban J connectivity index is 1.58. The molecule has 0 bridgehead atoms. The summed E-state index contributed by atoms with van der Waals surface area (Å²) < 4.78 is 67.9. The summed E-state index contributed by atoms with van der Waals surface area (Å²) in [4.78, 5) is 32.6. The number of pyridine rings is 1. The van der Waals surface area contributed by atoms with Crippen LogP contribution in [0.5, 0.6) is 0 Å². The molecule has 2 N–H and O–H groups in total. The van der Waals surface area contributed by atoms with Crippen LogP contribution >= 0.6 is 0 Å². The number of benzene rings is 2. The highest BCUT2D eigenvalue weighted by molar-refractivity contribution is 5.98. The van der Waals surface area contributed by atoms with Gasteiger partial charge in [0.2, 0.25) is 0 Å². The van der Waals surface area contributed by atoms with E-state index in [9.17, 15) is 31.5 Å². The Labute approximate surface area is 189 Å². The van der Waals surface area contributed by atoms with Crippen LogP contribution in [0.2, 0.25) is 0 Å². The van der Waals surface area contributed by atoms with Gasteiger partial charge in [-0.3, -0.25) is 9.59 Å². The van der Waals surface area contributed by atoms with Gasteiger partial charge < -0.3 is 14.9 Å². The number of hydrogen-bond donors (Lipinski definition) is 2. The number of H-pyrrole nitrogens is 2. The first kappa shape index (κ1) is 22.1. The van der Waals surface area contributed by atoms with E-state index >= 15 is 0 Å². The van der Waals surface area contributed by atoms with Gasteiger partial charge in [0.15, 0.2) is 11.6 Å². The minimum absolute atomic E-state index is 0.0222. The lowest BCUT2D eigenvalue weighted by atomic mass is 9.86. The lowest BCUT2D eigenvalue weighted by Gasteiger charge is -2.33. The van der Waals surface area contributed by atoms with Gasteiger partial charge in [0, 0.05) is 29.2 Å². The van der Waals surface area contributed by atoms with Crippen molar-refractivity contribution < 1.29 is 26.7 Å². The standard InChI is InChI=1S/C24H18F5N3O2/c1-32(24(34)19-6-10-5-14(25)13(22(28)29)9-18(10)30-19)20-4-2-3-17-21(20)11-7-15(26)16(27)8-12(11)23(33)31-17/h5-9,20,22,30H,2-4H2,1H3,(H,31,33). The van der Waals surface area contributed by atoms with Crippen LogP contribution in [0.25, 0.3) is 21.7 Å². The Morgan fingerprint density at radius 1 is 1.00 bits per heavy atom. The highest BCUT2D eigenvalue weighted by atomic mass is 19.3. The number of carbonyl (C=O) groups is 1. The highest BCUT2D eigenvalue weighted by Crippen LogP contribution is 2.38. The van der Waals surface area contributed by atoms with E-state index in [-0.39, 0.29) is 27.4 Å². The molecule has 5 nitrogen and oxygen atoms in total. The van der Waals surface area contributed by atoms with Crippen LogP contribution in [0.3, 0.4) is 0 Å². The largest absolute Gasteiger partial charge is 0.351 e. The van der Waals surface area contributed by atoms with E-state index in [0.717, 1.165) is 24.3 Å². The van der Waals surface area contributed by atoms with Gasteiger partial charge in [0.05, 0.1) is 17.0 Å². The van der Waals surface area contributed by atoms with E-state index in [4.69, 9.17) is 0 Å². The summed E-state index contributed by atoms with van der Waals surface area (Å²) in [7, 11) is 1.52. The lowest BCUT2D eigenvalue weighted by molar-refractivity contribution is 0.0710. The maximum Gasteiger partial charge on any atom is 0.270 e. The first-order valence-corrected chi connectivity index (χ1v) is 10.6. The molecular weight excluding hydrogens is 457 g/mol. The zero-order chi connectivity index (χ0) is 24.3. The molecular formula is C24H18F5N3O2. The van der Waals surface area contributed by atoms with Crippen LogP contribution in [0, 0.1) is 17.5 Å². The predicted molar refractivity (Wildman–Crippen MR) is 115 cm³/mol. The molecule has 1 atom stereocenters. The van der Waals surface area contributed by atoms with Crippen LogP contribution in [-0.2, 0) is 6.42 Å². The average molecular weight is 475 g/mol. The molecule has 1 amide bonds. The Kier molecular flexibility index (Phi) is 5.18. The molecule has 34 heavy (non-hydrogen) atoms. The first-order chi connectivity index (χ1) is 16.2. The summed E-state index contributed by atoms with van der Waals surface area (Å²) in [6.45, 7) is 0. The molecule has 2 aromatic carbocycles. The maximum absolute atomic E-state index is 14.1. The molecule has 1 unspecified atom stereocenters. The van der Waals surface area contributed by atoms with E-state index in [1.54, 1.807) is 0 Å². The molecule has 1 aliphatic carbocycles. The van der Waals surface area contributed by atoms with Crippen molar-refractivity contribution in [2.24, 2.45) is 0 Å². The van der Waals surface area contributed by atoms with Crippen LogP contribution in [0.1, 0.15) is 52.6 Å². The monoisotopic (exact) mass is 475 g/mol. The van der Waals surface area contributed by atoms with Crippen molar-refractivity contribution in [3.8, 4) is 0 Å². The second-order valence-electron chi connectivity index (χ2n) is 8.43. The van der Waals surface area contributed by atoms with Gasteiger partial charge in [-0.15, -0.1) is 0 Å². The molecule has 5 rings (SSSR count). The third-order valence-corrected chi connectivity index (χ3v) is 6.41. The molecule has 0 fully saturated rings. The maximum atomic E-state index is 14.1. The van der Waals surface area contributed by atoms with Gasteiger partial charge in [0.25, 0.3) is 17.9 Å². The number of hydrogen-bond acceptors (Lipinski definition) is 2. The smallest absolute Gasteiger partial charge is 0.270 e. The summed E-state index contributed by atoms with van der Waals surface area (Å²) in [6, 6.07) is 4.51. The van der Waals surface area contributed by atoms with Gasteiger partial charge in [0.1, 0.15) is 11.5 Å². The molecule has 0 saturated heterocycles. The van der Waals surface area contributed by atoms with E-state index in [1.165, 1.54) is 18.0 Å². The fourth-order valence-corrected chi connectivity index (χ4v) is 4.76. The van der Waals surface area contributed by atoms with Crippen molar-refractivity contribution in [2.75, 3.05) is 7.05 Å². The number of aromatic nitrogens is 2. The van der Waals surface area contributed by atoms with Crippen molar-refractivity contribution in [3.63, 3.8) is 0 Å². The van der Waals surface area contributed by atoms with Gasteiger partial charge in [-0.1, -0.05) is 0 Å². The summed E-state index contributed by atoms with van der Waals surface area (Å²) >= 11 is 0. The Hall–Kier alpha value is -3.69. The number of carbonyl (C=O) groups excluding carboxylic acids is 1.